The molecule has 1 fully saturated rings. The fourth-order valence-corrected chi connectivity index (χ4v) is 6.34. The molecule has 3 atom stereocenters. The monoisotopic (exact) mass is 490 g/mol. The molecule has 6 nitrogen and oxygen atoms in total. The van der Waals surface area contributed by atoms with Crippen LogP contribution in [0.25, 0.3) is 0 Å². The summed E-state index contributed by atoms with van der Waals surface area (Å²) in [6, 6.07) is 20.9. The number of rotatable bonds is 3. The second-order valence-corrected chi connectivity index (χ2v) is 9.54. The summed E-state index contributed by atoms with van der Waals surface area (Å²) >= 11 is 0. The lowest BCUT2D eigenvalue weighted by molar-refractivity contribution is 0.0579. The zero-order chi connectivity index (χ0) is 25.3. The Morgan fingerprint density at radius 2 is 1.54 bits per heavy atom. The Kier molecular flexibility index (Phi) is 4.48. The predicted octanol–water partition coefficient (Wildman–Crippen LogP) is 5.22. The van der Waals surface area contributed by atoms with Crippen molar-refractivity contribution in [1.82, 2.24) is 5.01 Å². The number of furan rings is 1. The van der Waals surface area contributed by atoms with Crippen molar-refractivity contribution in [1.29, 1.82) is 0 Å². The zero-order valence-electron chi connectivity index (χ0n) is 19.4. The van der Waals surface area contributed by atoms with Gasteiger partial charge in [0, 0.05) is 16.7 Å². The molecule has 0 unspecified atom stereocenters. The molecule has 3 aliphatic rings. The van der Waals surface area contributed by atoms with Crippen LogP contribution in [0.15, 0.2) is 101 Å². The molecule has 0 amide bonds. The number of ketones is 3. The summed E-state index contributed by atoms with van der Waals surface area (Å²) in [5, 5.41) is 6.24. The maximum absolute atomic E-state index is 14.4. The van der Waals surface area contributed by atoms with Crippen molar-refractivity contribution in [2.45, 2.75) is 18.0 Å². The van der Waals surface area contributed by atoms with Crippen LogP contribution in [0, 0.1) is 11.2 Å². The number of hydrazone groups is 1. The minimum atomic E-state index is -1.68. The van der Waals surface area contributed by atoms with Gasteiger partial charge in [-0.3, -0.25) is 19.4 Å². The van der Waals surface area contributed by atoms with Crippen molar-refractivity contribution in [3.8, 4) is 0 Å². The van der Waals surface area contributed by atoms with E-state index in [0.29, 0.717) is 16.9 Å². The normalized spacial score (nSPS) is 22.7. The molecule has 180 valence electrons. The third kappa shape index (κ3) is 2.74. The highest BCUT2D eigenvalue weighted by atomic mass is 19.1. The average Bonchev–Trinajstić information content (AvgIpc) is 3.62. The Labute approximate surface area is 211 Å². The van der Waals surface area contributed by atoms with Gasteiger partial charge in [0.15, 0.2) is 17.3 Å². The van der Waals surface area contributed by atoms with Gasteiger partial charge in [-0.05, 0) is 47.5 Å². The number of nitrogens with zero attached hydrogens (tertiary/aromatic N) is 2. The summed E-state index contributed by atoms with van der Waals surface area (Å²) in [6.07, 6.45) is 3.11. The van der Waals surface area contributed by atoms with Crippen LogP contribution in [-0.4, -0.2) is 34.6 Å². The molecule has 1 aliphatic carbocycles. The molecule has 0 bridgehead atoms. The smallest absolute Gasteiger partial charge is 0.187 e. The number of carbonyl (C=O) groups is 3. The Morgan fingerprint density at radius 3 is 2.22 bits per heavy atom. The maximum atomic E-state index is 14.4. The van der Waals surface area contributed by atoms with Gasteiger partial charge in [-0.2, -0.15) is 5.10 Å². The van der Waals surface area contributed by atoms with Crippen molar-refractivity contribution in [2.75, 3.05) is 0 Å². The number of halogens is 1. The largest absolute Gasteiger partial charge is 0.469 e. The number of hydrogen-bond donors (Lipinski definition) is 0. The van der Waals surface area contributed by atoms with E-state index in [9.17, 15) is 18.8 Å². The van der Waals surface area contributed by atoms with E-state index in [2.05, 4.69) is 5.10 Å². The fraction of sp³-hybridized carbons (Fsp3) is 0.133. The Morgan fingerprint density at radius 1 is 0.865 bits per heavy atom. The second-order valence-electron chi connectivity index (χ2n) is 9.54. The molecule has 0 N–H and O–H groups in total. The van der Waals surface area contributed by atoms with Gasteiger partial charge in [0.25, 0.3) is 0 Å². The van der Waals surface area contributed by atoms with E-state index in [1.165, 1.54) is 30.5 Å². The molecule has 0 saturated carbocycles. The Balaban J connectivity index is 1.54. The van der Waals surface area contributed by atoms with Gasteiger partial charge in [0.2, 0.25) is 0 Å². The summed E-state index contributed by atoms with van der Waals surface area (Å²) in [6.45, 7) is 0. The molecule has 37 heavy (non-hydrogen) atoms. The first-order valence-electron chi connectivity index (χ1n) is 12.0. The van der Waals surface area contributed by atoms with E-state index in [1.54, 1.807) is 47.6 Å². The van der Waals surface area contributed by atoms with E-state index in [0.717, 1.165) is 11.1 Å². The number of benzene rings is 3. The zero-order valence-corrected chi connectivity index (χ0v) is 19.4. The van der Waals surface area contributed by atoms with E-state index in [1.807, 2.05) is 24.3 Å². The lowest BCUT2D eigenvalue weighted by atomic mass is 9.64. The molecule has 2 aliphatic heterocycles. The summed E-state index contributed by atoms with van der Waals surface area (Å²) in [5.74, 6) is -2.19. The molecule has 7 rings (SSSR count). The average molecular weight is 490 g/mol. The van der Waals surface area contributed by atoms with Crippen LogP contribution in [0.3, 0.4) is 0 Å². The van der Waals surface area contributed by atoms with Crippen LogP contribution in [0.5, 0.6) is 0 Å². The third-order valence-corrected chi connectivity index (χ3v) is 7.82. The first-order valence-corrected chi connectivity index (χ1v) is 12.0. The maximum Gasteiger partial charge on any atom is 0.187 e. The van der Waals surface area contributed by atoms with Crippen molar-refractivity contribution in [3.05, 3.63) is 131 Å². The lowest BCUT2D eigenvalue weighted by Gasteiger charge is -2.36. The van der Waals surface area contributed by atoms with E-state index in [-0.39, 0.29) is 22.9 Å². The number of fused-ring (bicyclic) bond motifs is 5. The van der Waals surface area contributed by atoms with Crippen molar-refractivity contribution in [2.24, 2.45) is 10.5 Å². The van der Waals surface area contributed by atoms with Crippen molar-refractivity contribution < 1.29 is 23.2 Å². The van der Waals surface area contributed by atoms with E-state index >= 15 is 0 Å². The van der Waals surface area contributed by atoms with Gasteiger partial charge in [-0.25, -0.2) is 4.39 Å². The highest BCUT2D eigenvalue weighted by Gasteiger charge is 2.73. The third-order valence-electron chi connectivity index (χ3n) is 7.82. The molecule has 3 aromatic carbocycles. The minimum absolute atomic E-state index is 0.253. The van der Waals surface area contributed by atoms with E-state index in [4.69, 9.17) is 4.42 Å². The molecule has 0 radical (unpaired) electrons. The molecule has 1 spiro atoms. The van der Waals surface area contributed by atoms with Crippen molar-refractivity contribution in [3.63, 3.8) is 0 Å². The summed E-state index contributed by atoms with van der Waals surface area (Å²) in [4.78, 5) is 43.1. The first kappa shape index (κ1) is 21.6. The molecular weight excluding hydrogens is 471 g/mol. The molecule has 4 aromatic rings. The molecule has 3 heterocycles. The summed E-state index contributed by atoms with van der Waals surface area (Å²) in [7, 11) is 0. The first-order chi connectivity index (χ1) is 18.0. The van der Waals surface area contributed by atoms with Crippen molar-refractivity contribution >= 4 is 23.6 Å². The number of carbonyl (C=O) groups excluding carboxylic acids is 3. The standard InChI is InChI=1S/C30H19FN2O4/c31-19-13-11-17(12-14-19)26(34)25-24(23-10-5-15-37-23)30(28(35)21-8-3-4-9-22(21)29(30)36)27-20-7-2-1-6-18(20)16-32-33(25)27/h1-16,24-25,27H/t24-,25+,27-/m1/s1. The topological polar surface area (TPSA) is 79.9 Å². The van der Waals surface area contributed by atoms with Gasteiger partial charge in [0.1, 0.15) is 23.0 Å². The number of Topliss-reactive ketones (excluding diaryl/α,β-unsaturated/α-hetero) is 3. The molecule has 1 aromatic heterocycles. The van der Waals surface area contributed by atoms with Gasteiger partial charge < -0.3 is 4.42 Å². The van der Waals surface area contributed by atoms with Gasteiger partial charge >= 0.3 is 0 Å². The Hall–Kier alpha value is -4.65. The second kappa shape index (κ2) is 7.67. The van der Waals surface area contributed by atoms with Crippen LogP contribution in [0.4, 0.5) is 4.39 Å². The number of hydrogen-bond acceptors (Lipinski definition) is 6. The molecule has 1 saturated heterocycles. The van der Waals surface area contributed by atoms with Crippen LogP contribution in [0.2, 0.25) is 0 Å². The van der Waals surface area contributed by atoms with Crippen LogP contribution in [-0.2, 0) is 0 Å². The highest BCUT2D eigenvalue weighted by molar-refractivity contribution is 6.31. The Bertz CT molecular complexity index is 1590. The summed E-state index contributed by atoms with van der Waals surface area (Å²) < 4.78 is 19.5. The van der Waals surface area contributed by atoms with Gasteiger partial charge in [0.05, 0.1) is 24.4 Å². The van der Waals surface area contributed by atoms with E-state index < -0.39 is 29.2 Å². The van der Waals surface area contributed by atoms with Crippen LogP contribution in [0.1, 0.15) is 59.9 Å². The quantitative estimate of drug-likeness (QED) is 0.291. The van der Waals surface area contributed by atoms with Crippen LogP contribution >= 0.6 is 0 Å². The minimum Gasteiger partial charge on any atom is -0.469 e. The fourth-order valence-electron chi connectivity index (χ4n) is 6.34. The highest BCUT2D eigenvalue weighted by Crippen LogP contribution is 2.64. The van der Waals surface area contributed by atoms with Gasteiger partial charge in [-0.15, -0.1) is 0 Å². The lowest BCUT2D eigenvalue weighted by Crippen LogP contribution is -2.43. The van der Waals surface area contributed by atoms with Crippen LogP contribution < -0.4 is 0 Å². The SMILES string of the molecule is O=C(c1ccc(F)cc1)[C@@H]1[C@@H](c2ccco2)C2(C(=O)c3ccccc3C2=O)[C@H]2c3ccccc3C=NN12. The molecule has 7 heteroatoms. The molecular formula is C30H19FN2O4. The predicted molar refractivity (Wildman–Crippen MR) is 132 cm³/mol. The van der Waals surface area contributed by atoms with Gasteiger partial charge in [-0.1, -0.05) is 48.5 Å². The summed E-state index contributed by atoms with van der Waals surface area (Å²) in [5.41, 5.74) is 0.723.